The van der Waals surface area contributed by atoms with Gasteiger partial charge in [0.1, 0.15) is 30.5 Å². The first-order valence-electron chi connectivity index (χ1n) is 10.1. The first-order chi connectivity index (χ1) is 14.1. The van der Waals surface area contributed by atoms with Crippen molar-refractivity contribution in [2.45, 2.75) is 59.2 Å². The van der Waals surface area contributed by atoms with Gasteiger partial charge in [-0.05, 0) is 45.2 Å². The molecule has 1 amide bonds. The summed E-state index contributed by atoms with van der Waals surface area (Å²) in [6.45, 7) is 10.2. The molecule has 2 heterocycles. The van der Waals surface area contributed by atoms with Crippen LogP contribution in [0, 0.1) is 11.7 Å². The van der Waals surface area contributed by atoms with Gasteiger partial charge < -0.3 is 14.6 Å². The van der Waals surface area contributed by atoms with Gasteiger partial charge in [0.15, 0.2) is 0 Å². The lowest BCUT2D eigenvalue weighted by Gasteiger charge is -2.40. The number of nitrogens with zero attached hydrogens (tertiary/aromatic N) is 2. The van der Waals surface area contributed by atoms with Crippen molar-refractivity contribution >= 4 is 6.09 Å². The number of aromatic nitrogens is 1. The third-order valence-corrected chi connectivity index (χ3v) is 5.06. The molecule has 1 unspecified atom stereocenters. The summed E-state index contributed by atoms with van der Waals surface area (Å²) in [7, 11) is 0. The number of fused-ring (bicyclic) bond motifs is 3. The molecule has 3 rings (SSSR count). The van der Waals surface area contributed by atoms with Crippen LogP contribution in [-0.4, -0.2) is 39.3 Å². The Hall–Kier alpha value is -2.83. The summed E-state index contributed by atoms with van der Waals surface area (Å²) < 4.78 is 26.0. The second-order valence-corrected chi connectivity index (χ2v) is 9.02. The van der Waals surface area contributed by atoms with E-state index in [2.05, 4.69) is 18.8 Å². The topological polar surface area (TPSA) is 71.9 Å². The van der Waals surface area contributed by atoms with E-state index >= 15 is 0 Å². The molecule has 0 aliphatic carbocycles. The number of hydrogen-bond acceptors (Lipinski definition) is 4. The van der Waals surface area contributed by atoms with Crippen LogP contribution in [0.3, 0.4) is 0 Å². The van der Waals surface area contributed by atoms with Crippen LogP contribution in [0.1, 0.15) is 46.6 Å². The lowest BCUT2D eigenvalue weighted by Crippen LogP contribution is -2.53. The van der Waals surface area contributed by atoms with Crippen molar-refractivity contribution in [3.63, 3.8) is 0 Å². The number of amides is 1. The van der Waals surface area contributed by atoms with Gasteiger partial charge in [-0.1, -0.05) is 13.8 Å². The van der Waals surface area contributed by atoms with E-state index in [0.717, 1.165) is 0 Å². The van der Waals surface area contributed by atoms with Crippen molar-refractivity contribution in [1.82, 2.24) is 9.88 Å². The molecule has 7 heteroatoms. The van der Waals surface area contributed by atoms with Crippen molar-refractivity contribution in [2.24, 2.45) is 5.92 Å². The van der Waals surface area contributed by atoms with Gasteiger partial charge in [-0.3, -0.25) is 9.88 Å². The lowest BCUT2D eigenvalue weighted by molar-refractivity contribution is 0.0433. The van der Waals surface area contributed by atoms with Gasteiger partial charge in [0, 0.05) is 34.5 Å². The van der Waals surface area contributed by atoms with Gasteiger partial charge in [0.05, 0.1) is 12.2 Å². The predicted octanol–water partition coefficient (Wildman–Crippen LogP) is 5.35. The van der Waals surface area contributed by atoms with Gasteiger partial charge in [-0.15, -0.1) is 0 Å². The summed E-state index contributed by atoms with van der Waals surface area (Å²) in [5.74, 6) is 1.02. The molecule has 1 N–H and O–H groups in total. The fourth-order valence-electron chi connectivity index (χ4n) is 3.94. The number of carbonyl (C=O) groups is 1. The number of pyridine rings is 1. The average molecular weight is 416 g/mol. The van der Waals surface area contributed by atoms with E-state index in [1.165, 1.54) is 11.1 Å². The summed E-state index contributed by atoms with van der Waals surface area (Å²) in [5.41, 5.74) is 1.31. The molecule has 1 aliphatic heterocycles. The minimum atomic E-state index is -0.966. The number of ether oxygens (including phenoxy) is 2. The highest BCUT2D eigenvalue weighted by molar-refractivity contribution is 5.76. The van der Waals surface area contributed by atoms with Gasteiger partial charge in [0.2, 0.25) is 0 Å². The molecule has 2 aromatic rings. The standard InChI is InChI=1S/C23H29FN2O4/c1-14(2)8-16(26(22(27)28)23(3,4)5)13-29-17-6-7-18-20(9-17)30-12-15-10-25-11-19(24)21(15)18/h6-7,9-11,14,16H,8,12-13H2,1-5H3,(H,27,28). The first kappa shape index (κ1) is 21.9. The van der Waals surface area contributed by atoms with E-state index in [1.54, 1.807) is 24.4 Å². The summed E-state index contributed by atoms with van der Waals surface area (Å²) >= 11 is 0. The maximum absolute atomic E-state index is 14.3. The third kappa shape index (κ3) is 4.66. The van der Waals surface area contributed by atoms with Crippen LogP contribution in [0.15, 0.2) is 30.6 Å². The van der Waals surface area contributed by atoms with Crippen molar-refractivity contribution in [2.75, 3.05) is 6.61 Å². The third-order valence-electron chi connectivity index (χ3n) is 5.06. The molecular formula is C23H29FN2O4. The van der Waals surface area contributed by atoms with E-state index in [4.69, 9.17) is 9.47 Å². The minimum absolute atomic E-state index is 0.218. The molecule has 0 fully saturated rings. The van der Waals surface area contributed by atoms with Crippen LogP contribution in [0.25, 0.3) is 11.1 Å². The van der Waals surface area contributed by atoms with Gasteiger partial charge in [0.25, 0.3) is 0 Å². The Bertz CT molecular complexity index is 924. The second kappa shape index (κ2) is 8.50. The Labute approximate surface area is 176 Å². The molecule has 1 aromatic heterocycles. The highest BCUT2D eigenvalue weighted by Crippen LogP contribution is 2.40. The van der Waals surface area contributed by atoms with Crippen molar-refractivity contribution < 1.29 is 23.8 Å². The first-order valence-corrected chi connectivity index (χ1v) is 10.1. The Morgan fingerprint density at radius 3 is 2.70 bits per heavy atom. The SMILES string of the molecule is CC(C)CC(COc1ccc2c(c1)OCc1cncc(F)c1-2)N(C(=O)O)C(C)(C)C. The average Bonchev–Trinajstić information content (AvgIpc) is 2.64. The second-order valence-electron chi connectivity index (χ2n) is 9.02. The largest absolute Gasteiger partial charge is 0.491 e. The van der Waals surface area contributed by atoms with Crippen LogP contribution in [0.5, 0.6) is 11.5 Å². The molecular weight excluding hydrogens is 387 g/mol. The molecule has 0 radical (unpaired) electrons. The van der Waals surface area contributed by atoms with E-state index in [1.807, 2.05) is 20.8 Å². The van der Waals surface area contributed by atoms with E-state index in [0.29, 0.717) is 40.5 Å². The fourth-order valence-corrected chi connectivity index (χ4v) is 3.94. The molecule has 0 saturated carbocycles. The maximum Gasteiger partial charge on any atom is 0.408 e. The minimum Gasteiger partial charge on any atom is -0.491 e. The van der Waals surface area contributed by atoms with Crippen LogP contribution >= 0.6 is 0 Å². The molecule has 30 heavy (non-hydrogen) atoms. The number of benzene rings is 1. The Balaban J connectivity index is 1.82. The maximum atomic E-state index is 14.3. The summed E-state index contributed by atoms with van der Waals surface area (Å²) in [4.78, 5) is 17.3. The summed E-state index contributed by atoms with van der Waals surface area (Å²) in [6, 6.07) is 4.95. The van der Waals surface area contributed by atoms with Crippen LogP contribution in [0.2, 0.25) is 0 Å². The zero-order chi connectivity index (χ0) is 22.1. The molecule has 162 valence electrons. The van der Waals surface area contributed by atoms with Crippen LogP contribution in [0.4, 0.5) is 9.18 Å². The number of rotatable bonds is 6. The Kier molecular flexibility index (Phi) is 6.19. The van der Waals surface area contributed by atoms with E-state index < -0.39 is 11.6 Å². The van der Waals surface area contributed by atoms with Crippen molar-refractivity contribution in [3.05, 3.63) is 42.0 Å². The zero-order valence-corrected chi connectivity index (χ0v) is 18.1. The smallest absolute Gasteiger partial charge is 0.408 e. The highest BCUT2D eigenvalue weighted by Gasteiger charge is 2.34. The van der Waals surface area contributed by atoms with E-state index in [9.17, 15) is 14.3 Å². The van der Waals surface area contributed by atoms with Crippen molar-refractivity contribution in [3.8, 4) is 22.6 Å². The van der Waals surface area contributed by atoms with Gasteiger partial charge >= 0.3 is 6.09 Å². The van der Waals surface area contributed by atoms with Gasteiger partial charge in [-0.25, -0.2) is 9.18 Å². The molecule has 0 bridgehead atoms. The van der Waals surface area contributed by atoms with E-state index in [-0.39, 0.29) is 25.1 Å². The molecule has 6 nitrogen and oxygen atoms in total. The fraction of sp³-hybridized carbons (Fsp3) is 0.478. The molecule has 1 aromatic carbocycles. The zero-order valence-electron chi connectivity index (χ0n) is 18.1. The van der Waals surface area contributed by atoms with Crippen LogP contribution < -0.4 is 9.47 Å². The molecule has 1 aliphatic rings. The molecule has 0 spiro atoms. The monoisotopic (exact) mass is 416 g/mol. The quantitative estimate of drug-likeness (QED) is 0.687. The number of carboxylic acid groups (broad SMARTS) is 1. The van der Waals surface area contributed by atoms with Crippen LogP contribution in [-0.2, 0) is 6.61 Å². The predicted molar refractivity (Wildman–Crippen MR) is 112 cm³/mol. The Morgan fingerprint density at radius 1 is 1.33 bits per heavy atom. The molecule has 1 atom stereocenters. The summed E-state index contributed by atoms with van der Waals surface area (Å²) in [6.07, 6.45) is 2.51. The van der Waals surface area contributed by atoms with Gasteiger partial charge in [-0.2, -0.15) is 0 Å². The number of halogens is 1. The van der Waals surface area contributed by atoms with Crippen molar-refractivity contribution in [1.29, 1.82) is 0 Å². The number of hydrogen-bond donors (Lipinski definition) is 1. The lowest BCUT2D eigenvalue weighted by atomic mass is 9.97. The normalized spacial score (nSPS) is 13.8. The Morgan fingerprint density at radius 2 is 2.07 bits per heavy atom. The highest BCUT2D eigenvalue weighted by atomic mass is 19.1. The molecule has 0 saturated heterocycles. The summed E-state index contributed by atoms with van der Waals surface area (Å²) in [5, 5.41) is 9.78.